The van der Waals surface area contributed by atoms with E-state index in [1.54, 1.807) is 4.90 Å². The second kappa shape index (κ2) is 4.99. The van der Waals surface area contributed by atoms with Crippen molar-refractivity contribution in [2.45, 2.75) is 45.4 Å². The van der Waals surface area contributed by atoms with Crippen molar-refractivity contribution in [1.29, 1.82) is 0 Å². The third-order valence-electron chi connectivity index (χ3n) is 5.83. The fraction of sp³-hybridized carbons (Fsp3) is 0.938. The summed E-state index contributed by atoms with van der Waals surface area (Å²) in [5, 5.41) is 18.3. The molecule has 0 aromatic carbocycles. The molecule has 2 unspecified atom stereocenters. The van der Waals surface area contributed by atoms with Gasteiger partial charge in [0.2, 0.25) is 5.91 Å². The molecule has 4 bridgehead atoms. The van der Waals surface area contributed by atoms with E-state index in [1.807, 2.05) is 0 Å². The van der Waals surface area contributed by atoms with Crippen LogP contribution in [0.1, 0.15) is 45.4 Å². The van der Waals surface area contributed by atoms with Gasteiger partial charge < -0.3 is 15.1 Å². The highest BCUT2D eigenvalue weighted by Gasteiger charge is 2.59. The molecule has 0 aromatic rings. The second-order valence-corrected chi connectivity index (χ2v) is 7.79. The molecule has 0 radical (unpaired) electrons. The zero-order valence-electron chi connectivity index (χ0n) is 12.5. The molecule has 4 fully saturated rings. The first kappa shape index (κ1) is 14.3. The van der Waals surface area contributed by atoms with Gasteiger partial charge in [0.05, 0.1) is 18.6 Å². The van der Waals surface area contributed by atoms with Gasteiger partial charge in [-0.2, -0.15) is 0 Å². The van der Waals surface area contributed by atoms with Crippen LogP contribution < -0.4 is 0 Å². The van der Waals surface area contributed by atoms with Crippen molar-refractivity contribution in [1.82, 2.24) is 4.90 Å². The van der Waals surface area contributed by atoms with E-state index in [4.69, 9.17) is 10.2 Å². The fourth-order valence-corrected chi connectivity index (χ4v) is 5.86. The van der Waals surface area contributed by atoms with Crippen LogP contribution in [0.3, 0.4) is 0 Å². The summed E-state index contributed by atoms with van der Waals surface area (Å²) in [7, 11) is 0. The summed E-state index contributed by atoms with van der Waals surface area (Å²) >= 11 is 0. The first-order valence-corrected chi connectivity index (χ1v) is 8.01. The lowest BCUT2D eigenvalue weighted by Crippen LogP contribution is -2.58. The van der Waals surface area contributed by atoms with E-state index in [1.165, 1.54) is 19.3 Å². The van der Waals surface area contributed by atoms with Gasteiger partial charge in [-0.15, -0.1) is 0 Å². The highest BCUT2D eigenvalue weighted by Crippen LogP contribution is 2.65. The number of aliphatic hydroxyl groups excluding tert-OH is 2. The maximum Gasteiger partial charge on any atom is 0.228 e. The molecule has 4 heteroatoms. The highest BCUT2D eigenvalue weighted by molar-refractivity contribution is 5.83. The Morgan fingerprint density at radius 1 is 1.10 bits per heavy atom. The molecule has 4 aliphatic rings. The van der Waals surface area contributed by atoms with E-state index in [2.05, 4.69) is 6.92 Å². The first-order chi connectivity index (χ1) is 9.50. The van der Waals surface area contributed by atoms with Gasteiger partial charge >= 0.3 is 0 Å². The molecule has 4 rings (SSSR count). The third kappa shape index (κ3) is 2.27. The van der Waals surface area contributed by atoms with Crippen LogP contribution in [0.15, 0.2) is 0 Å². The molecule has 4 aliphatic carbocycles. The minimum absolute atomic E-state index is 0.0219. The highest BCUT2D eigenvalue weighted by atomic mass is 16.3. The number of carbonyl (C=O) groups is 1. The molecular weight excluding hydrogens is 254 g/mol. The summed E-state index contributed by atoms with van der Waals surface area (Å²) in [4.78, 5) is 14.7. The Balaban J connectivity index is 1.82. The van der Waals surface area contributed by atoms with E-state index in [0.29, 0.717) is 18.5 Å². The predicted molar refractivity (Wildman–Crippen MR) is 76.0 cm³/mol. The molecule has 0 spiro atoms. The number of aliphatic hydroxyl groups is 2. The van der Waals surface area contributed by atoms with Crippen LogP contribution >= 0.6 is 0 Å². The van der Waals surface area contributed by atoms with E-state index in [-0.39, 0.29) is 24.5 Å². The number of hydrogen-bond acceptors (Lipinski definition) is 3. The van der Waals surface area contributed by atoms with Gasteiger partial charge in [-0.25, -0.2) is 0 Å². The third-order valence-corrected chi connectivity index (χ3v) is 5.83. The van der Waals surface area contributed by atoms with Crippen molar-refractivity contribution < 1.29 is 15.0 Å². The summed E-state index contributed by atoms with van der Waals surface area (Å²) in [5.74, 6) is 1.63. The molecule has 0 saturated heterocycles. The summed E-state index contributed by atoms with van der Waals surface area (Å²) < 4.78 is 0. The minimum atomic E-state index is -0.191. The van der Waals surface area contributed by atoms with Crippen LogP contribution in [-0.4, -0.2) is 47.3 Å². The van der Waals surface area contributed by atoms with E-state index >= 15 is 0 Å². The van der Waals surface area contributed by atoms with Crippen molar-refractivity contribution >= 4 is 5.91 Å². The van der Waals surface area contributed by atoms with Crippen LogP contribution in [-0.2, 0) is 4.79 Å². The van der Waals surface area contributed by atoms with Crippen LogP contribution in [0.2, 0.25) is 0 Å². The van der Waals surface area contributed by atoms with Crippen molar-refractivity contribution in [3.63, 3.8) is 0 Å². The van der Waals surface area contributed by atoms with Gasteiger partial charge in [-0.1, -0.05) is 6.92 Å². The van der Waals surface area contributed by atoms with Crippen molar-refractivity contribution in [2.75, 3.05) is 26.3 Å². The van der Waals surface area contributed by atoms with E-state index < -0.39 is 0 Å². The van der Waals surface area contributed by atoms with Crippen LogP contribution in [0.5, 0.6) is 0 Å². The SMILES string of the molecule is CC12CC3CC(C1)CC(C(=O)N(CCO)CCO)(C3)C2. The van der Waals surface area contributed by atoms with Crippen molar-refractivity contribution in [3.05, 3.63) is 0 Å². The second-order valence-electron chi connectivity index (χ2n) is 7.79. The minimum Gasteiger partial charge on any atom is -0.395 e. The van der Waals surface area contributed by atoms with Crippen molar-refractivity contribution in [3.8, 4) is 0 Å². The molecule has 0 aromatic heterocycles. The summed E-state index contributed by atoms with van der Waals surface area (Å²) in [6, 6.07) is 0. The molecule has 0 heterocycles. The Labute approximate surface area is 121 Å². The maximum absolute atomic E-state index is 13.0. The molecule has 4 saturated carbocycles. The number of amides is 1. The molecule has 114 valence electrons. The average Bonchev–Trinajstić information content (AvgIpc) is 2.34. The normalized spacial score (nSPS) is 42.0. The molecule has 4 nitrogen and oxygen atoms in total. The smallest absolute Gasteiger partial charge is 0.228 e. The van der Waals surface area contributed by atoms with Gasteiger partial charge in [0.25, 0.3) is 0 Å². The Morgan fingerprint density at radius 3 is 2.10 bits per heavy atom. The number of rotatable bonds is 5. The monoisotopic (exact) mass is 281 g/mol. The van der Waals surface area contributed by atoms with E-state index in [9.17, 15) is 4.79 Å². The molecule has 2 atom stereocenters. The zero-order valence-corrected chi connectivity index (χ0v) is 12.5. The van der Waals surface area contributed by atoms with Gasteiger partial charge in [0.1, 0.15) is 0 Å². The Kier molecular flexibility index (Phi) is 3.57. The van der Waals surface area contributed by atoms with Crippen LogP contribution in [0.25, 0.3) is 0 Å². The van der Waals surface area contributed by atoms with Crippen LogP contribution in [0, 0.1) is 22.7 Å². The van der Waals surface area contributed by atoms with Crippen molar-refractivity contribution in [2.24, 2.45) is 22.7 Å². The summed E-state index contributed by atoms with van der Waals surface area (Å²) in [6.07, 6.45) is 6.97. The Bertz CT molecular complexity index is 375. The van der Waals surface area contributed by atoms with E-state index in [0.717, 1.165) is 31.1 Å². The largest absolute Gasteiger partial charge is 0.395 e. The number of hydrogen-bond donors (Lipinski definition) is 2. The quantitative estimate of drug-likeness (QED) is 0.801. The number of nitrogens with zero attached hydrogens (tertiary/aromatic N) is 1. The lowest BCUT2D eigenvalue weighted by atomic mass is 9.44. The first-order valence-electron chi connectivity index (χ1n) is 8.01. The standard InChI is InChI=1S/C16H27NO3/c1-15-7-12-6-13(8-15)10-16(9-12,11-15)14(20)17(2-4-18)3-5-19/h12-13,18-19H,2-11H2,1H3. The Hall–Kier alpha value is -0.610. The zero-order chi connectivity index (χ0) is 14.4. The summed E-state index contributed by atoms with van der Waals surface area (Å²) in [5.41, 5.74) is 0.160. The lowest BCUT2D eigenvalue weighted by molar-refractivity contribution is -0.167. The molecule has 0 aliphatic heterocycles. The molecule has 1 amide bonds. The van der Waals surface area contributed by atoms with Gasteiger partial charge in [0, 0.05) is 13.1 Å². The molecule has 2 N–H and O–H groups in total. The maximum atomic E-state index is 13.0. The molecule has 20 heavy (non-hydrogen) atoms. The van der Waals surface area contributed by atoms with Crippen LogP contribution in [0.4, 0.5) is 0 Å². The fourth-order valence-electron chi connectivity index (χ4n) is 5.86. The Morgan fingerprint density at radius 2 is 1.65 bits per heavy atom. The van der Waals surface area contributed by atoms with Gasteiger partial charge in [-0.05, 0) is 55.8 Å². The summed E-state index contributed by atoms with van der Waals surface area (Å²) in [6.45, 7) is 3.02. The van der Waals surface area contributed by atoms with Gasteiger partial charge in [0.15, 0.2) is 0 Å². The molecular formula is C16H27NO3. The average molecular weight is 281 g/mol. The predicted octanol–water partition coefficient (Wildman–Crippen LogP) is 1.41. The topological polar surface area (TPSA) is 60.8 Å². The lowest BCUT2D eigenvalue weighted by Gasteiger charge is -2.61. The number of carbonyl (C=O) groups excluding carboxylic acids is 1. The van der Waals surface area contributed by atoms with Gasteiger partial charge in [-0.3, -0.25) is 4.79 Å².